The SMILES string of the molecule is CCC(C)C(CO)NC.CCCC(=O)NC(CO)Cc1ccccc1.CNC(C)(CO)CO.CNC(CO)(CO)CO.CNC(CO)C(C)O.CNC(CO)C(C)O.CNC(CO)CC(C)C.CNC(CO)CO.CNCC(O)CO.CN[C@H](CO)CC(C)C. The predicted molar refractivity (Wildman–Crippen MR) is 364 cm³/mol. The number of hydrogen-bond acceptors (Lipinski definition) is 27. The Kier molecular flexibility index (Phi) is 91.4. The molecule has 0 heterocycles. The molecule has 0 saturated carbocycles. The standard InChI is InChI=1S/C13H19NO2.3C7H17NO.C5H13NO3.3C5H13NO2.2C4H11NO2/c1-2-6-13(16)14-12(10-15)9-11-7-4-3-5-8-11;2*1-6(2)4-7(5-9)8-3;1-4-6(2)7(5-9)8-3;1-6-5(2-7,3-8)4-9;1-5(3-7,4-8)6-2;2*1-4(8)5(3-7)6-2;1-5-4(2-6)3-7;1-5-2-4(7)3-6/h3-5,7-8,12,15H,2,6,9-10H2,1H3,(H,14,16);3*6-9H,4-5H2,1-3H3;6-9H,2-4H2,1H3;6-8H,3-4H2,1-2H3;2*4-8H,3H2,1-2H3;2*4-7H,2-3H2,1H3/t;7-;;;;;;;;/m.0......../s1. The Morgan fingerprint density at radius 2 is 0.822 bits per heavy atom. The predicted octanol–water partition coefficient (Wildman–Crippen LogP) is -4.77. The summed E-state index contributed by atoms with van der Waals surface area (Å²) in [6.07, 6.45) is 3.67. The molecule has 1 aromatic rings. The zero-order valence-corrected chi connectivity index (χ0v) is 59.3. The third kappa shape index (κ3) is 71.5. The van der Waals surface area contributed by atoms with E-state index in [0.29, 0.717) is 37.1 Å². The normalized spacial score (nSPS) is 14.1. The van der Waals surface area contributed by atoms with E-state index in [4.69, 9.17) is 81.7 Å². The highest BCUT2D eigenvalue weighted by molar-refractivity contribution is 5.76. The minimum Gasteiger partial charge on any atom is -0.395 e. The Hall–Kier alpha value is -2.35. The number of hydrogen-bond donors (Lipinski definition) is 27. The van der Waals surface area contributed by atoms with Crippen molar-refractivity contribution in [2.24, 2.45) is 17.8 Å². The smallest absolute Gasteiger partial charge is 0.220 e. The van der Waals surface area contributed by atoms with Gasteiger partial charge >= 0.3 is 0 Å². The molecule has 10 atom stereocenters. The summed E-state index contributed by atoms with van der Waals surface area (Å²) in [6, 6.07) is 9.99. The van der Waals surface area contributed by atoms with Crippen LogP contribution in [0.3, 0.4) is 0 Å². The maximum Gasteiger partial charge on any atom is 0.220 e. The largest absolute Gasteiger partial charge is 0.395 e. The molecule has 0 aliphatic carbocycles. The number of amides is 1. The molecule has 0 aromatic heterocycles. The number of nitrogens with one attached hydrogen (secondary N) is 10. The van der Waals surface area contributed by atoms with Crippen LogP contribution in [0.25, 0.3) is 0 Å². The minimum atomic E-state index is -0.917. The van der Waals surface area contributed by atoms with Crippen molar-refractivity contribution < 1.29 is 91.6 Å². The molecule has 1 aromatic carbocycles. The summed E-state index contributed by atoms with van der Waals surface area (Å²) < 4.78 is 0. The van der Waals surface area contributed by atoms with Crippen molar-refractivity contribution in [1.82, 2.24) is 53.2 Å². The molecule has 1 amide bonds. The maximum absolute atomic E-state index is 11.4. The van der Waals surface area contributed by atoms with Gasteiger partial charge in [-0.3, -0.25) is 4.79 Å². The molecule has 28 nitrogen and oxygen atoms in total. The summed E-state index contributed by atoms with van der Waals surface area (Å²) >= 11 is 0. The number of carbonyl (C=O) groups is 1. The number of carbonyl (C=O) groups excluding carboxylic acids is 1. The van der Waals surface area contributed by atoms with Crippen molar-refractivity contribution in [3.05, 3.63) is 35.9 Å². The van der Waals surface area contributed by atoms with Crippen LogP contribution in [0.5, 0.6) is 0 Å². The quantitative estimate of drug-likeness (QED) is 0.0297. The van der Waals surface area contributed by atoms with Gasteiger partial charge in [-0.25, -0.2) is 0 Å². The van der Waals surface area contributed by atoms with Gasteiger partial charge in [0.1, 0.15) is 0 Å². The lowest BCUT2D eigenvalue weighted by atomic mass is 10.0. The van der Waals surface area contributed by atoms with Gasteiger partial charge in [-0.1, -0.05) is 85.2 Å². The van der Waals surface area contributed by atoms with Crippen LogP contribution in [0.2, 0.25) is 0 Å². The first-order valence-electron chi connectivity index (χ1n) is 31.4. The van der Waals surface area contributed by atoms with Gasteiger partial charge in [0.25, 0.3) is 0 Å². The van der Waals surface area contributed by atoms with E-state index in [1.807, 2.05) is 58.4 Å². The van der Waals surface area contributed by atoms with Crippen LogP contribution in [0.15, 0.2) is 30.3 Å². The van der Waals surface area contributed by atoms with Gasteiger partial charge in [0, 0.05) is 31.1 Å². The number of benzene rings is 1. The first-order chi connectivity index (χ1) is 42.4. The summed E-state index contributed by atoms with van der Waals surface area (Å²) in [4.78, 5) is 11.4. The second-order valence-corrected chi connectivity index (χ2v) is 22.5. The van der Waals surface area contributed by atoms with Crippen LogP contribution in [-0.2, 0) is 11.2 Å². The van der Waals surface area contributed by atoms with Crippen LogP contribution in [0, 0.1) is 17.8 Å². The molecule has 0 fully saturated rings. The maximum atomic E-state index is 11.4. The molecule has 0 aliphatic rings. The van der Waals surface area contributed by atoms with Crippen molar-refractivity contribution in [3.63, 3.8) is 0 Å². The molecule has 9 unspecified atom stereocenters. The second-order valence-electron chi connectivity index (χ2n) is 22.5. The molecule has 28 heteroatoms. The Morgan fingerprint density at radius 3 is 0.956 bits per heavy atom. The summed E-state index contributed by atoms with van der Waals surface area (Å²) in [5.74, 6) is 1.90. The lowest BCUT2D eigenvalue weighted by molar-refractivity contribution is -0.122. The van der Waals surface area contributed by atoms with E-state index in [9.17, 15) is 9.90 Å². The fourth-order valence-electron chi connectivity index (χ4n) is 6.24. The fraction of sp³-hybridized carbons (Fsp3) is 0.887. The average molecular weight is 1320 g/mol. The van der Waals surface area contributed by atoms with E-state index in [-0.39, 0.29) is 141 Å². The summed E-state index contributed by atoms with van der Waals surface area (Å²) in [6.45, 7) is 19.9. The first kappa shape index (κ1) is 106. The van der Waals surface area contributed by atoms with E-state index >= 15 is 0 Å². The lowest BCUT2D eigenvalue weighted by Crippen LogP contribution is -2.52. The van der Waals surface area contributed by atoms with Crippen LogP contribution in [0.1, 0.15) is 107 Å². The van der Waals surface area contributed by atoms with Gasteiger partial charge in [0.05, 0.1) is 146 Å². The molecule has 27 N–H and O–H groups in total. The van der Waals surface area contributed by atoms with Crippen molar-refractivity contribution >= 4 is 5.91 Å². The molecular formula is C62H144N10O18. The van der Waals surface area contributed by atoms with Gasteiger partial charge in [-0.15, -0.1) is 0 Å². The monoisotopic (exact) mass is 1320 g/mol. The van der Waals surface area contributed by atoms with Crippen LogP contribution in [-0.4, -0.2) is 327 Å². The Bertz CT molecular complexity index is 1400. The van der Waals surface area contributed by atoms with Gasteiger partial charge < -0.3 is 140 Å². The zero-order chi connectivity index (χ0) is 72.1. The van der Waals surface area contributed by atoms with Crippen molar-refractivity contribution in [2.45, 2.75) is 179 Å². The van der Waals surface area contributed by atoms with Crippen molar-refractivity contribution in [2.75, 3.05) is 162 Å². The molecule has 0 radical (unpaired) electrons. The summed E-state index contributed by atoms with van der Waals surface area (Å²) in [5, 5.41) is 174. The van der Waals surface area contributed by atoms with Crippen molar-refractivity contribution in [1.29, 1.82) is 0 Å². The third-order valence-corrected chi connectivity index (χ3v) is 13.6. The van der Waals surface area contributed by atoms with Crippen LogP contribution >= 0.6 is 0 Å². The Labute approximate surface area is 544 Å². The van der Waals surface area contributed by atoms with Crippen LogP contribution in [0.4, 0.5) is 0 Å². The van der Waals surface area contributed by atoms with E-state index in [0.717, 1.165) is 31.2 Å². The summed E-state index contributed by atoms with van der Waals surface area (Å²) in [7, 11) is 15.7. The minimum absolute atomic E-state index is 0.00694. The van der Waals surface area contributed by atoms with Gasteiger partial charge in [0.15, 0.2) is 0 Å². The molecule has 0 saturated heterocycles. The second kappa shape index (κ2) is 77.4. The third-order valence-electron chi connectivity index (χ3n) is 13.6. The molecule has 1 rings (SSSR count). The van der Waals surface area contributed by atoms with Gasteiger partial charge in [-0.05, 0) is 133 Å². The number of aliphatic hydroxyl groups excluding tert-OH is 17. The number of aliphatic hydroxyl groups is 17. The number of rotatable bonds is 37. The highest BCUT2D eigenvalue weighted by Gasteiger charge is 2.25. The molecule has 0 bridgehead atoms. The van der Waals surface area contributed by atoms with Gasteiger partial charge in [-0.2, -0.15) is 0 Å². The number of likely N-dealkylation sites (N-methyl/N-ethyl adjacent to an activating group) is 9. The fourth-order valence-corrected chi connectivity index (χ4v) is 6.24. The first-order valence-corrected chi connectivity index (χ1v) is 31.4. The molecule has 90 heavy (non-hydrogen) atoms. The summed E-state index contributed by atoms with van der Waals surface area (Å²) in [5.41, 5.74) is -0.307. The van der Waals surface area contributed by atoms with Crippen molar-refractivity contribution in [3.8, 4) is 0 Å². The molecule has 0 aliphatic heterocycles. The Morgan fingerprint density at radius 1 is 0.456 bits per heavy atom. The lowest BCUT2D eigenvalue weighted by Gasteiger charge is -2.26. The zero-order valence-electron chi connectivity index (χ0n) is 59.3. The highest BCUT2D eigenvalue weighted by Crippen LogP contribution is 2.07. The topological polar surface area (TPSA) is 481 Å². The molecular weight excluding hydrogens is 1170 g/mol. The van der Waals surface area contributed by atoms with E-state index in [1.165, 1.54) is 0 Å². The molecule has 550 valence electrons. The van der Waals surface area contributed by atoms with Gasteiger partial charge in [0.2, 0.25) is 5.91 Å². The van der Waals surface area contributed by atoms with Crippen LogP contribution < -0.4 is 53.2 Å². The highest BCUT2D eigenvalue weighted by atomic mass is 16.3. The van der Waals surface area contributed by atoms with E-state index < -0.39 is 29.4 Å². The average Bonchev–Trinajstić information content (AvgIpc) is 3.69. The van der Waals surface area contributed by atoms with E-state index in [2.05, 4.69) is 94.7 Å². The molecule has 0 spiro atoms. The van der Waals surface area contributed by atoms with E-state index in [1.54, 1.807) is 63.1 Å². The Balaban J connectivity index is -0.000000117.